The molecule has 0 aliphatic carbocycles. The van der Waals surface area contributed by atoms with Crippen LogP contribution in [0.3, 0.4) is 0 Å². The zero-order valence-corrected chi connectivity index (χ0v) is 36.6. The number of benzene rings is 6. The molecule has 0 saturated heterocycles. The second-order valence-corrected chi connectivity index (χ2v) is 20.6. The minimum Gasteiger partial charge on any atom is -0.309 e. The highest BCUT2D eigenvalue weighted by atomic mass is 19.4. The molecule has 0 fully saturated rings. The van der Waals surface area contributed by atoms with Crippen LogP contribution in [0.5, 0.6) is 0 Å². The molecule has 0 unspecified atom stereocenters. The van der Waals surface area contributed by atoms with Crippen LogP contribution in [0.1, 0.15) is 111 Å². The molecule has 2 aromatic heterocycles. The van der Waals surface area contributed by atoms with Gasteiger partial charge in [-0.15, -0.1) is 0 Å². The molecule has 8 rings (SSSR count). The van der Waals surface area contributed by atoms with E-state index < -0.39 is 28.9 Å². The van der Waals surface area contributed by atoms with Gasteiger partial charge >= 0.3 is 6.18 Å². The Labute approximate surface area is 349 Å². The molecule has 2 nitrogen and oxygen atoms in total. The lowest BCUT2D eigenvalue weighted by Crippen LogP contribution is -2.14. The SMILES string of the molecule is CC(C)(C)c1ccc2c(c1)c1cc(C(C)(C)C)ccc1n2-c1cc(C(F)(F)F)c(-n2c3ccc(C(C)(C)C)cc3c3cc(C(C)(C)C)ccc32)cc1-c1c(F)cccc1F. The van der Waals surface area contributed by atoms with E-state index in [1.165, 1.54) is 12.1 Å². The van der Waals surface area contributed by atoms with Gasteiger partial charge in [-0.1, -0.05) is 113 Å². The lowest BCUT2D eigenvalue weighted by atomic mass is 9.85. The van der Waals surface area contributed by atoms with Crippen LogP contribution in [0, 0.1) is 11.6 Å². The number of fused-ring (bicyclic) bond motifs is 6. The summed E-state index contributed by atoms with van der Waals surface area (Å²) >= 11 is 0. The number of aromatic nitrogens is 2. The number of hydrogen-bond acceptors (Lipinski definition) is 0. The maximum absolute atomic E-state index is 16.3. The van der Waals surface area contributed by atoms with Crippen molar-refractivity contribution in [3.63, 3.8) is 0 Å². The predicted molar refractivity (Wildman–Crippen MR) is 240 cm³/mol. The molecule has 0 saturated carbocycles. The first-order chi connectivity index (χ1) is 27.7. The zero-order chi connectivity index (χ0) is 43.6. The van der Waals surface area contributed by atoms with E-state index in [4.69, 9.17) is 0 Å². The Morgan fingerprint density at radius 3 is 1.00 bits per heavy atom. The Morgan fingerprint density at radius 1 is 0.383 bits per heavy atom. The third-order valence-corrected chi connectivity index (χ3v) is 12.1. The molecule has 0 radical (unpaired) electrons. The van der Waals surface area contributed by atoms with Crippen molar-refractivity contribution < 1.29 is 22.0 Å². The van der Waals surface area contributed by atoms with Gasteiger partial charge in [-0.3, -0.25) is 0 Å². The molecule has 0 amide bonds. The average molecular weight is 813 g/mol. The third kappa shape index (κ3) is 6.88. The number of hydrogen-bond donors (Lipinski definition) is 0. The van der Waals surface area contributed by atoms with E-state index >= 15 is 22.0 Å². The maximum Gasteiger partial charge on any atom is 0.418 e. The number of rotatable bonds is 3. The van der Waals surface area contributed by atoms with Gasteiger partial charge in [0.25, 0.3) is 0 Å². The second kappa shape index (κ2) is 13.5. The predicted octanol–water partition coefficient (Wildman–Crippen LogP) is 16.0. The van der Waals surface area contributed by atoms with Gasteiger partial charge in [-0.25, -0.2) is 8.78 Å². The fraction of sp³-hybridized carbons (Fsp3) is 0.321. The molecule has 8 aromatic rings. The fourth-order valence-electron chi connectivity index (χ4n) is 8.56. The molecule has 0 aliphatic heterocycles. The summed E-state index contributed by atoms with van der Waals surface area (Å²) in [5, 5.41) is 3.28. The molecule has 0 N–H and O–H groups in total. The molecule has 0 aliphatic rings. The summed E-state index contributed by atoms with van der Waals surface area (Å²) in [6, 6.07) is 29.8. The van der Waals surface area contributed by atoms with E-state index in [0.717, 1.165) is 62.0 Å². The Kier molecular flexibility index (Phi) is 9.32. The molecule has 0 bridgehead atoms. The van der Waals surface area contributed by atoms with Crippen molar-refractivity contribution in [3.8, 4) is 22.5 Å². The fourth-order valence-corrected chi connectivity index (χ4v) is 8.56. The molecular weight excluding hydrogens is 760 g/mol. The minimum atomic E-state index is -4.87. The smallest absolute Gasteiger partial charge is 0.309 e. The van der Waals surface area contributed by atoms with Gasteiger partial charge in [-0.05, 0) is 117 Å². The molecule has 0 spiro atoms. The van der Waals surface area contributed by atoms with Crippen molar-refractivity contribution in [2.45, 2.75) is 111 Å². The Bertz CT molecular complexity index is 2860. The van der Waals surface area contributed by atoms with Gasteiger partial charge in [0, 0.05) is 27.1 Å². The normalized spacial score (nSPS) is 13.4. The summed E-state index contributed by atoms with van der Waals surface area (Å²) in [4.78, 5) is 0. The van der Waals surface area contributed by atoms with Crippen LogP contribution >= 0.6 is 0 Å². The van der Waals surface area contributed by atoms with Crippen molar-refractivity contribution in [3.05, 3.63) is 143 Å². The monoisotopic (exact) mass is 812 g/mol. The quantitative estimate of drug-likeness (QED) is 0.157. The van der Waals surface area contributed by atoms with Crippen LogP contribution in [-0.4, -0.2) is 9.13 Å². The number of alkyl halides is 3. The van der Waals surface area contributed by atoms with Gasteiger partial charge in [0.15, 0.2) is 0 Å². The topological polar surface area (TPSA) is 9.86 Å². The van der Waals surface area contributed by atoms with E-state index in [1.807, 2.05) is 48.5 Å². The zero-order valence-electron chi connectivity index (χ0n) is 36.6. The van der Waals surface area contributed by atoms with Crippen molar-refractivity contribution in [2.75, 3.05) is 0 Å². The van der Waals surface area contributed by atoms with Crippen molar-refractivity contribution >= 4 is 43.6 Å². The van der Waals surface area contributed by atoms with Gasteiger partial charge < -0.3 is 9.13 Å². The highest BCUT2D eigenvalue weighted by molar-refractivity contribution is 6.12. The second-order valence-electron chi connectivity index (χ2n) is 20.6. The number of halogens is 5. The Morgan fingerprint density at radius 2 is 0.700 bits per heavy atom. The first-order valence-corrected chi connectivity index (χ1v) is 20.6. The average Bonchev–Trinajstić information content (AvgIpc) is 3.64. The van der Waals surface area contributed by atoms with Crippen molar-refractivity contribution in [1.82, 2.24) is 9.13 Å². The van der Waals surface area contributed by atoms with E-state index in [9.17, 15) is 0 Å². The highest BCUT2D eigenvalue weighted by Crippen LogP contribution is 2.47. The van der Waals surface area contributed by atoms with E-state index in [-0.39, 0.29) is 38.6 Å². The molecule has 2 heterocycles. The summed E-state index contributed by atoms with van der Waals surface area (Å²) < 4.78 is 84.0. The first-order valence-electron chi connectivity index (χ1n) is 20.6. The number of nitrogens with zero attached hydrogens (tertiary/aromatic N) is 2. The lowest BCUT2D eigenvalue weighted by molar-refractivity contribution is -0.137. The molecule has 7 heteroatoms. The van der Waals surface area contributed by atoms with Crippen molar-refractivity contribution in [2.24, 2.45) is 0 Å². The molecule has 60 heavy (non-hydrogen) atoms. The van der Waals surface area contributed by atoms with Gasteiger partial charge in [0.1, 0.15) is 11.6 Å². The van der Waals surface area contributed by atoms with Crippen LogP contribution in [0.15, 0.2) is 103 Å². The van der Waals surface area contributed by atoms with Crippen molar-refractivity contribution in [1.29, 1.82) is 0 Å². The van der Waals surface area contributed by atoms with Crippen LogP contribution < -0.4 is 0 Å². The first kappa shape index (κ1) is 41.3. The van der Waals surface area contributed by atoms with Crippen LogP contribution in [0.2, 0.25) is 0 Å². The molecule has 6 aromatic carbocycles. The Balaban J connectivity index is 1.57. The third-order valence-electron chi connectivity index (χ3n) is 12.1. The summed E-state index contributed by atoms with van der Waals surface area (Å²) in [5.74, 6) is -1.75. The molecule has 310 valence electrons. The van der Waals surface area contributed by atoms with E-state index in [0.29, 0.717) is 22.1 Å². The van der Waals surface area contributed by atoms with Crippen LogP contribution in [-0.2, 0) is 27.8 Å². The largest absolute Gasteiger partial charge is 0.418 e. The Hall–Kier alpha value is -5.43. The highest BCUT2D eigenvalue weighted by Gasteiger charge is 2.38. The van der Waals surface area contributed by atoms with E-state index in [2.05, 4.69) is 107 Å². The summed E-state index contributed by atoms with van der Waals surface area (Å²) in [6.07, 6.45) is -4.87. The molecular formula is C53H53F5N2. The van der Waals surface area contributed by atoms with E-state index in [1.54, 1.807) is 9.13 Å². The standard InChI is InChI=1S/C53H53F5N2/c1-49(2,3)30-16-20-42-34(24-30)35-25-31(50(4,5)6)17-21-43(35)59(42)46-29-39(53(56,57)58)47(28-38(46)48-40(54)14-13-15-41(48)55)60-44-22-18-32(51(7,8)9)26-36(44)37-27-33(52(10,11)12)19-23-45(37)60/h13-29H,1-12H3. The minimum absolute atomic E-state index is 0.000167. The lowest BCUT2D eigenvalue weighted by Gasteiger charge is -2.23. The summed E-state index contributed by atoms with van der Waals surface area (Å²) in [6.45, 7) is 25.3. The van der Waals surface area contributed by atoms with Gasteiger partial charge in [0.05, 0.1) is 44.6 Å². The molecule has 0 atom stereocenters. The van der Waals surface area contributed by atoms with Gasteiger partial charge in [-0.2, -0.15) is 13.2 Å². The van der Waals surface area contributed by atoms with Crippen LogP contribution in [0.4, 0.5) is 22.0 Å². The summed E-state index contributed by atoms with van der Waals surface area (Å²) in [7, 11) is 0. The van der Waals surface area contributed by atoms with Gasteiger partial charge in [0.2, 0.25) is 0 Å². The summed E-state index contributed by atoms with van der Waals surface area (Å²) in [5.41, 5.74) is 4.11. The van der Waals surface area contributed by atoms with Crippen LogP contribution in [0.25, 0.3) is 66.1 Å². The maximum atomic E-state index is 16.3.